The third-order valence-corrected chi connectivity index (χ3v) is 7.73. The molecule has 178 valence electrons. The zero-order chi connectivity index (χ0) is 23.5. The zero-order valence-electron chi connectivity index (χ0n) is 19.2. The second-order valence-electron chi connectivity index (χ2n) is 8.04. The molecule has 3 rings (SSSR count). The maximum Gasteiger partial charge on any atom is 0.251 e. The van der Waals surface area contributed by atoms with Gasteiger partial charge >= 0.3 is 0 Å². The summed E-state index contributed by atoms with van der Waals surface area (Å²) in [6, 6.07) is 5.91. The van der Waals surface area contributed by atoms with Gasteiger partial charge in [-0.1, -0.05) is 31.7 Å². The molecule has 1 saturated heterocycles. The second-order valence-corrected chi connectivity index (χ2v) is 9.77. The van der Waals surface area contributed by atoms with Crippen LogP contribution in [-0.2, 0) is 15.5 Å². The van der Waals surface area contributed by atoms with Gasteiger partial charge in [0.1, 0.15) is 0 Å². The number of benzene rings is 1. The van der Waals surface area contributed by atoms with Crippen LogP contribution in [0.2, 0.25) is 0 Å². The summed E-state index contributed by atoms with van der Waals surface area (Å²) in [4.78, 5) is 13.1. The molecule has 3 N–H and O–H groups in total. The zero-order valence-corrected chi connectivity index (χ0v) is 20.0. The van der Waals surface area contributed by atoms with Crippen LogP contribution in [0.5, 0.6) is 0 Å². The molecule has 2 aromatic rings. The van der Waals surface area contributed by atoms with Gasteiger partial charge in [-0.2, -0.15) is 5.10 Å². The fraction of sp³-hybridized carbons (Fsp3) is 0.440. The molecule has 1 fully saturated rings. The maximum absolute atomic E-state index is 13.0. The first-order valence-corrected chi connectivity index (χ1v) is 12.8. The number of aromatic nitrogens is 2. The van der Waals surface area contributed by atoms with Crippen molar-refractivity contribution in [1.29, 1.82) is 0 Å². The van der Waals surface area contributed by atoms with E-state index in [4.69, 9.17) is 4.74 Å². The number of allylic oxidation sites excluding steroid dienone is 3. The van der Waals surface area contributed by atoms with Crippen molar-refractivity contribution in [2.45, 2.75) is 43.9 Å². The Morgan fingerprint density at radius 3 is 2.97 bits per heavy atom. The van der Waals surface area contributed by atoms with Crippen LogP contribution in [0.15, 0.2) is 60.2 Å². The van der Waals surface area contributed by atoms with Crippen LogP contribution >= 0.6 is 0 Å². The number of nitrogens with one attached hydrogen (secondary N) is 3. The van der Waals surface area contributed by atoms with E-state index in [0.717, 1.165) is 56.3 Å². The normalized spacial score (nSPS) is 17.3. The number of fused-ring (bicyclic) bond motifs is 1. The Hall–Kier alpha value is -2.55. The quantitative estimate of drug-likeness (QED) is 0.412. The summed E-state index contributed by atoms with van der Waals surface area (Å²) >= 11 is 0. The molecule has 2 atom stereocenters. The van der Waals surface area contributed by atoms with Crippen molar-refractivity contribution >= 4 is 27.6 Å². The minimum Gasteiger partial charge on any atom is -0.381 e. The van der Waals surface area contributed by atoms with Crippen molar-refractivity contribution in [3.63, 3.8) is 0 Å². The number of H-pyrrole nitrogens is 1. The van der Waals surface area contributed by atoms with Gasteiger partial charge in [0, 0.05) is 46.9 Å². The SMILES string of the molecule is C=CC(=CC=CCNC(=O)c1ccc2[nH]ncc2c1)S(=O)C(CC)CCNC1CCOCC1. The van der Waals surface area contributed by atoms with Gasteiger partial charge in [0.05, 0.1) is 22.5 Å². The summed E-state index contributed by atoms with van der Waals surface area (Å²) in [6.45, 7) is 8.77. The van der Waals surface area contributed by atoms with Crippen molar-refractivity contribution in [2.24, 2.45) is 0 Å². The van der Waals surface area contributed by atoms with E-state index in [0.29, 0.717) is 23.1 Å². The molecule has 7 nitrogen and oxygen atoms in total. The largest absolute Gasteiger partial charge is 0.381 e. The van der Waals surface area contributed by atoms with Crippen LogP contribution in [0.3, 0.4) is 0 Å². The summed E-state index contributed by atoms with van der Waals surface area (Å²) in [5, 5.41) is 14.2. The van der Waals surface area contributed by atoms with E-state index in [1.165, 1.54) is 0 Å². The topological polar surface area (TPSA) is 96.1 Å². The van der Waals surface area contributed by atoms with Crippen LogP contribution in [0.1, 0.15) is 43.0 Å². The van der Waals surface area contributed by atoms with E-state index in [2.05, 4.69) is 34.3 Å². The molecule has 1 aromatic carbocycles. The Bertz CT molecular complexity index is 1010. The third-order valence-electron chi connectivity index (χ3n) is 5.79. The van der Waals surface area contributed by atoms with Gasteiger partial charge < -0.3 is 15.4 Å². The van der Waals surface area contributed by atoms with Crippen molar-refractivity contribution in [2.75, 3.05) is 26.3 Å². The molecule has 0 aliphatic carbocycles. The number of carbonyl (C=O) groups is 1. The molecular formula is C25H34N4O3S. The van der Waals surface area contributed by atoms with Gasteiger partial charge in [-0.3, -0.25) is 14.1 Å². The minimum absolute atomic E-state index is 0.0764. The van der Waals surface area contributed by atoms with Crippen molar-refractivity contribution in [3.05, 3.63) is 65.7 Å². The number of hydrogen-bond donors (Lipinski definition) is 3. The molecule has 1 aliphatic heterocycles. The highest BCUT2D eigenvalue weighted by atomic mass is 32.2. The average molecular weight is 471 g/mol. The molecule has 33 heavy (non-hydrogen) atoms. The molecule has 8 heteroatoms. The Balaban J connectivity index is 1.45. The number of hydrogen-bond acceptors (Lipinski definition) is 5. The Morgan fingerprint density at radius 2 is 2.21 bits per heavy atom. The van der Waals surface area contributed by atoms with Gasteiger partial charge in [0.25, 0.3) is 5.91 Å². The molecule has 1 amide bonds. The highest BCUT2D eigenvalue weighted by Crippen LogP contribution is 2.17. The minimum atomic E-state index is -1.12. The monoisotopic (exact) mass is 470 g/mol. The Kier molecular flexibility index (Phi) is 10.1. The van der Waals surface area contributed by atoms with Gasteiger partial charge in [-0.15, -0.1) is 0 Å². The van der Waals surface area contributed by atoms with Crippen molar-refractivity contribution in [3.8, 4) is 0 Å². The molecule has 1 aromatic heterocycles. The summed E-state index contributed by atoms with van der Waals surface area (Å²) in [6.07, 6.45) is 12.6. The number of ether oxygens (including phenoxy) is 1. The highest BCUT2D eigenvalue weighted by molar-refractivity contribution is 7.89. The second kappa shape index (κ2) is 13.2. The van der Waals surface area contributed by atoms with E-state index in [1.807, 2.05) is 24.3 Å². The van der Waals surface area contributed by atoms with Crippen LogP contribution < -0.4 is 10.6 Å². The van der Waals surface area contributed by atoms with E-state index < -0.39 is 10.8 Å². The highest BCUT2D eigenvalue weighted by Gasteiger charge is 2.18. The molecule has 0 spiro atoms. The summed E-state index contributed by atoms with van der Waals surface area (Å²) < 4.78 is 18.4. The Labute approximate surface area is 198 Å². The predicted octanol–water partition coefficient (Wildman–Crippen LogP) is 3.60. The molecule has 2 unspecified atom stereocenters. The predicted molar refractivity (Wildman–Crippen MR) is 135 cm³/mol. The average Bonchev–Trinajstić information content (AvgIpc) is 3.32. The number of rotatable bonds is 12. The number of nitrogens with zero attached hydrogens (tertiary/aromatic N) is 1. The van der Waals surface area contributed by atoms with Gasteiger partial charge in [0.2, 0.25) is 0 Å². The molecule has 2 heterocycles. The first kappa shape index (κ1) is 25.1. The summed E-state index contributed by atoms with van der Waals surface area (Å²) in [7, 11) is -1.12. The first-order valence-electron chi connectivity index (χ1n) is 11.5. The van der Waals surface area contributed by atoms with Crippen LogP contribution in [0.4, 0.5) is 0 Å². The number of amides is 1. The number of aromatic amines is 1. The van der Waals surface area contributed by atoms with Crippen molar-refractivity contribution in [1.82, 2.24) is 20.8 Å². The van der Waals surface area contributed by atoms with Crippen LogP contribution in [0.25, 0.3) is 10.9 Å². The summed E-state index contributed by atoms with van der Waals surface area (Å²) in [5.41, 5.74) is 1.48. The molecule has 1 aliphatic rings. The lowest BCUT2D eigenvalue weighted by molar-refractivity contribution is 0.0780. The maximum atomic E-state index is 13.0. The number of carbonyl (C=O) groups excluding carboxylic acids is 1. The lowest BCUT2D eigenvalue weighted by atomic mass is 10.1. The Morgan fingerprint density at radius 1 is 1.39 bits per heavy atom. The standard InChI is InChI=1S/C25H34N4O3S/c1-3-22(33(31)23(4-2)10-14-26-21-11-15-32-16-12-21)7-5-6-13-27-25(30)19-8-9-24-20(17-19)18-28-29-24/h3,5-9,17-18,21,23,26H,1,4,10-16H2,2H3,(H,27,30)(H,28,29). The first-order chi connectivity index (χ1) is 16.1. The van der Waals surface area contributed by atoms with Gasteiger partial charge in [-0.05, 0) is 56.5 Å². The van der Waals surface area contributed by atoms with E-state index in [-0.39, 0.29) is 11.2 Å². The summed E-state index contributed by atoms with van der Waals surface area (Å²) in [5.74, 6) is -0.151. The van der Waals surface area contributed by atoms with Gasteiger partial charge in [-0.25, -0.2) is 0 Å². The van der Waals surface area contributed by atoms with Crippen molar-refractivity contribution < 1.29 is 13.7 Å². The van der Waals surface area contributed by atoms with E-state index in [1.54, 1.807) is 24.4 Å². The smallest absolute Gasteiger partial charge is 0.251 e. The third kappa shape index (κ3) is 7.48. The molecule has 0 bridgehead atoms. The lowest BCUT2D eigenvalue weighted by Gasteiger charge is -2.24. The van der Waals surface area contributed by atoms with Crippen LogP contribution in [-0.4, -0.2) is 57.9 Å². The van der Waals surface area contributed by atoms with Crippen LogP contribution in [0, 0.1) is 0 Å². The van der Waals surface area contributed by atoms with E-state index >= 15 is 0 Å². The van der Waals surface area contributed by atoms with Gasteiger partial charge in [0.15, 0.2) is 0 Å². The fourth-order valence-electron chi connectivity index (χ4n) is 3.79. The molecule has 0 saturated carbocycles. The fourth-order valence-corrected chi connectivity index (χ4v) is 5.19. The van der Waals surface area contributed by atoms with E-state index in [9.17, 15) is 9.00 Å². The molecule has 0 radical (unpaired) electrons. The molecular weight excluding hydrogens is 436 g/mol. The lowest BCUT2D eigenvalue weighted by Crippen LogP contribution is -2.36.